The van der Waals surface area contributed by atoms with Crippen LogP contribution in [0.4, 0.5) is 4.79 Å². The van der Waals surface area contributed by atoms with E-state index in [1.54, 1.807) is 42.9 Å². The number of benzene rings is 1. The average Bonchev–Trinajstić information content (AvgIpc) is 3.28. The number of rotatable bonds is 4. The van der Waals surface area contributed by atoms with Crippen molar-refractivity contribution >= 4 is 38.2 Å². The monoisotopic (exact) mass is 425 g/mol. The van der Waals surface area contributed by atoms with Crippen molar-refractivity contribution in [1.82, 2.24) is 18.5 Å². The fraction of sp³-hybridized carbons (Fsp3) is 0.250. The molecule has 0 unspecified atom stereocenters. The van der Waals surface area contributed by atoms with Crippen molar-refractivity contribution in [3.05, 3.63) is 54.6 Å². The van der Waals surface area contributed by atoms with E-state index in [0.717, 1.165) is 11.1 Å². The average molecular weight is 425 g/mol. The third-order valence-electron chi connectivity index (χ3n) is 5.54. The standard InChI is InChI=1S/C20H19N5O4S/c1-12-2-4-15(5-3-12)30(27,28)25-7-6-16-18-17(10-22-19(16)25)23-11-24(18)13-8-14(9-13)29-20(21)26/h2-7,10-11,13-14H,8-9H2,1H3,(H2,21,26). The first-order valence-corrected chi connectivity index (χ1v) is 10.9. The van der Waals surface area contributed by atoms with Gasteiger partial charge in [-0.3, -0.25) is 0 Å². The first-order chi connectivity index (χ1) is 14.3. The lowest BCUT2D eigenvalue weighted by atomic mass is 9.89. The Kier molecular flexibility index (Phi) is 4.07. The highest BCUT2D eigenvalue weighted by atomic mass is 32.2. The van der Waals surface area contributed by atoms with Crippen molar-refractivity contribution in [2.75, 3.05) is 0 Å². The molecule has 1 aromatic carbocycles. The maximum atomic E-state index is 13.2. The number of carbonyl (C=O) groups excluding carboxylic acids is 1. The molecule has 0 spiro atoms. The highest BCUT2D eigenvalue weighted by molar-refractivity contribution is 7.90. The molecule has 3 aromatic heterocycles. The van der Waals surface area contributed by atoms with Crippen LogP contribution >= 0.6 is 0 Å². The van der Waals surface area contributed by atoms with E-state index in [2.05, 4.69) is 9.97 Å². The highest BCUT2D eigenvalue weighted by Gasteiger charge is 2.34. The van der Waals surface area contributed by atoms with Crippen LogP contribution in [0.25, 0.3) is 22.1 Å². The van der Waals surface area contributed by atoms with Crippen LogP contribution in [-0.2, 0) is 14.8 Å². The quantitative estimate of drug-likeness (QED) is 0.536. The van der Waals surface area contributed by atoms with Crippen molar-refractivity contribution in [2.24, 2.45) is 5.73 Å². The molecule has 4 aromatic rings. The Hall–Kier alpha value is -3.40. The van der Waals surface area contributed by atoms with Crippen molar-refractivity contribution in [3.8, 4) is 0 Å². The Bertz CT molecular complexity index is 1380. The van der Waals surface area contributed by atoms with Crippen LogP contribution in [0.15, 0.2) is 53.9 Å². The summed E-state index contributed by atoms with van der Waals surface area (Å²) in [4.78, 5) is 19.9. The summed E-state index contributed by atoms with van der Waals surface area (Å²) in [5.74, 6) is 0. The van der Waals surface area contributed by atoms with Crippen LogP contribution in [0.2, 0.25) is 0 Å². The Balaban J connectivity index is 1.58. The van der Waals surface area contributed by atoms with E-state index in [9.17, 15) is 13.2 Å². The maximum absolute atomic E-state index is 13.2. The van der Waals surface area contributed by atoms with Gasteiger partial charge in [0.2, 0.25) is 0 Å². The molecule has 0 aliphatic heterocycles. The van der Waals surface area contributed by atoms with Crippen LogP contribution in [0, 0.1) is 6.92 Å². The van der Waals surface area contributed by atoms with E-state index in [-0.39, 0.29) is 17.0 Å². The number of nitrogens with zero attached hydrogens (tertiary/aromatic N) is 4. The summed E-state index contributed by atoms with van der Waals surface area (Å²) in [6.45, 7) is 1.90. The van der Waals surface area contributed by atoms with Crippen LogP contribution in [0.3, 0.4) is 0 Å². The van der Waals surface area contributed by atoms with Gasteiger partial charge in [-0.15, -0.1) is 0 Å². The van der Waals surface area contributed by atoms with Crippen LogP contribution in [0.1, 0.15) is 24.4 Å². The van der Waals surface area contributed by atoms with E-state index in [1.807, 2.05) is 11.5 Å². The first kappa shape index (κ1) is 18.6. The number of fused-ring (bicyclic) bond motifs is 3. The van der Waals surface area contributed by atoms with Crippen LogP contribution in [-0.4, -0.2) is 39.1 Å². The molecule has 0 atom stereocenters. The predicted molar refractivity (Wildman–Crippen MR) is 110 cm³/mol. The van der Waals surface area contributed by atoms with Gasteiger partial charge in [0.25, 0.3) is 10.0 Å². The molecule has 154 valence electrons. The summed E-state index contributed by atoms with van der Waals surface area (Å²) in [5, 5.41) is 0.694. The molecule has 10 heteroatoms. The number of imidazole rings is 1. The smallest absolute Gasteiger partial charge is 0.404 e. The zero-order valence-electron chi connectivity index (χ0n) is 16.1. The number of amides is 1. The Morgan fingerprint density at radius 3 is 2.60 bits per heavy atom. The van der Waals surface area contributed by atoms with Gasteiger partial charge in [0.15, 0.2) is 5.65 Å². The topological polar surface area (TPSA) is 122 Å². The van der Waals surface area contributed by atoms with Gasteiger partial charge >= 0.3 is 6.09 Å². The molecule has 30 heavy (non-hydrogen) atoms. The molecule has 3 heterocycles. The van der Waals surface area contributed by atoms with Gasteiger partial charge in [0, 0.05) is 30.5 Å². The predicted octanol–water partition coefficient (Wildman–Crippen LogP) is 2.73. The summed E-state index contributed by atoms with van der Waals surface area (Å²) in [7, 11) is -3.78. The molecular formula is C20H19N5O4S. The van der Waals surface area contributed by atoms with E-state index < -0.39 is 16.1 Å². The fourth-order valence-electron chi connectivity index (χ4n) is 3.91. The highest BCUT2D eigenvalue weighted by Crippen LogP contribution is 2.38. The molecule has 0 radical (unpaired) electrons. The zero-order chi connectivity index (χ0) is 21.0. The third kappa shape index (κ3) is 2.83. The van der Waals surface area contributed by atoms with Gasteiger partial charge in [-0.25, -0.2) is 27.2 Å². The van der Waals surface area contributed by atoms with Gasteiger partial charge in [-0.1, -0.05) is 17.7 Å². The number of pyridine rings is 1. The zero-order valence-corrected chi connectivity index (χ0v) is 16.9. The van der Waals surface area contributed by atoms with E-state index in [4.69, 9.17) is 10.5 Å². The number of ether oxygens (including phenoxy) is 1. The summed E-state index contributed by atoms with van der Waals surface area (Å²) >= 11 is 0. The number of aromatic nitrogens is 4. The molecule has 5 rings (SSSR count). The number of nitrogens with two attached hydrogens (primary N) is 1. The Labute approximate surface area is 172 Å². The van der Waals surface area contributed by atoms with Crippen molar-refractivity contribution in [2.45, 2.75) is 36.8 Å². The lowest BCUT2D eigenvalue weighted by Gasteiger charge is -2.35. The van der Waals surface area contributed by atoms with Gasteiger partial charge < -0.3 is 15.0 Å². The van der Waals surface area contributed by atoms with Gasteiger partial charge in [-0.05, 0) is 25.1 Å². The summed E-state index contributed by atoms with van der Waals surface area (Å²) in [6.07, 6.45) is 5.06. The molecule has 2 N–H and O–H groups in total. The van der Waals surface area contributed by atoms with Crippen molar-refractivity contribution in [3.63, 3.8) is 0 Å². The number of hydrogen-bond acceptors (Lipinski definition) is 6. The largest absolute Gasteiger partial charge is 0.446 e. The maximum Gasteiger partial charge on any atom is 0.404 e. The molecular weight excluding hydrogens is 406 g/mol. The van der Waals surface area contributed by atoms with Gasteiger partial charge in [-0.2, -0.15) is 0 Å². The fourth-order valence-corrected chi connectivity index (χ4v) is 5.21. The lowest BCUT2D eigenvalue weighted by Crippen LogP contribution is -2.36. The molecule has 1 fully saturated rings. The molecule has 1 saturated carbocycles. The van der Waals surface area contributed by atoms with Crippen LogP contribution in [0.5, 0.6) is 0 Å². The molecule has 9 nitrogen and oxygen atoms in total. The van der Waals surface area contributed by atoms with Gasteiger partial charge in [0.05, 0.1) is 22.9 Å². The second-order valence-electron chi connectivity index (χ2n) is 7.49. The Morgan fingerprint density at radius 2 is 1.90 bits per heavy atom. The number of carbonyl (C=O) groups is 1. The van der Waals surface area contributed by atoms with Crippen molar-refractivity contribution in [1.29, 1.82) is 0 Å². The normalized spacial score (nSPS) is 19.1. The van der Waals surface area contributed by atoms with E-state index >= 15 is 0 Å². The summed E-state index contributed by atoms with van der Waals surface area (Å²) in [5.41, 5.74) is 7.89. The lowest BCUT2D eigenvalue weighted by molar-refractivity contribution is 0.0281. The van der Waals surface area contributed by atoms with Crippen molar-refractivity contribution < 1.29 is 17.9 Å². The summed E-state index contributed by atoms with van der Waals surface area (Å²) < 4.78 is 34.5. The molecule has 1 amide bonds. The Morgan fingerprint density at radius 1 is 1.17 bits per heavy atom. The van der Waals surface area contributed by atoms with Gasteiger partial charge in [0.1, 0.15) is 11.6 Å². The minimum Gasteiger partial charge on any atom is -0.446 e. The van der Waals surface area contributed by atoms with Crippen LogP contribution < -0.4 is 5.73 Å². The minimum absolute atomic E-state index is 0.0852. The first-order valence-electron chi connectivity index (χ1n) is 9.45. The third-order valence-corrected chi connectivity index (χ3v) is 7.22. The van der Waals surface area contributed by atoms with E-state index in [0.29, 0.717) is 29.4 Å². The summed E-state index contributed by atoms with van der Waals surface area (Å²) in [6, 6.07) is 8.53. The minimum atomic E-state index is -3.78. The van der Waals surface area contributed by atoms with E-state index in [1.165, 1.54) is 10.2 Å². The molecule has 0 bridgehead atoms. The molecule has 0 saturated heterocycles. The molecule has 1 aliphatic carbocycles. The second-order valence-corrected chi connectivity index (χ2v) is 9.31. The SMILES string of the molecule is Cc1ccc(S(=O)(=O)n2ccc3c4c(cnc32)ncn4C2CC(OC(N)=O)C2)cc1. The second kappa shape index (κ2) is 6.56. The number of hydrogen-bond donors (Lipinski definition) is 1. The number of aryl methyl sites for hydroxylation is 1. The number of primary amides is 1. The molecule has 1 aliphatic rings.